The molecule has 0 fully saturated rings. The van der Waals surface area contributed by atoms with Gasteiger partial charge in [0.2, 0.25) is 0 Å². The number of cyclic esters (lactones) is 1. The molecule has 0 aromatic carbocycles. The molecule has 2 aliphatic rings. The van der Waals surface area contributed by atoms with Gasteiger partial charge in [0, 0.05) is 32.2 Å². The van der Waals surface area contributed by atoms with Crippen LogP contribution in [0, 0.1) is 0 Å². The number of carbonyl (C=O) groups excluding carboxylic acids is 3. The zero-order chi connectivity index (χ0) is 24.5. The molecule has 0 spiro atoms. The van der Waals surface area contributed by atoms with Crippen molar-refractivity contribution in [2.75, 3.05) is 19.4 Å². The van der Waals surface area contributed by atoms with Gasteiger partial charge in [-0.2, -0.15) is 0 Å². The minimum atomic E-state index is -0.988. The van der Waals surface area contributed by atoms with Crippen molar-refractivity contribution in [3.63, 3.8) is 0 Å². The van der Waals surface area contributed by atoms with E-state index in [1.54, 1.807) is 37.3 Å². The van der Waals surface area contributed by atoms with E-state index in [1.165, 1.54) is 25.1 Å². The molecule has 184 valence electrons. The Hall–Kier alpha value is -2.89. The molecule has 4 bridgehead atoms. The lowest BCUT2D eigenvalue weighted by Crippen LogP contribution is -2.44. The van der Waals surface area contributed by atoms with E-state index in [9.17, 15) is 19.5 Å². The van der Waals surface area contributed by atoms with E-state index in [4.69, 9.17) is 13.9 Å². The van der Waals surface area contributed by atoms with E-state index in [-0.39, 0.29) is 35.8 Å². The molecular formula is C23H29N3O7S. The number of amides is 2. The minimum absolute atomic E-state index is 0.0239. The summed E-state index contributed by atoms with van der Waals surface area (Å²) in [6.07, 6.45) is 9.17. The number of fused-ring (bicyclic) bond motifs is 5. The molecule has 3 N–H and O–H groups in total. The second kappa shape index (κ2) is 12.5. The number of methoxy groups -OCH3 is 1. The third-order valence-electron chi connectivity index (χ3n) is 5.13. The predicted octanol–water partition coefficient (Wildman–Crippen LogP) is 1.28. The van der Waals surface area contributed by atoms with Gasteiger partial charge < -0.3 is 29.6 Å². The first kappa shape index (κ1) is 25.7. The van der Waals surface area contributed by atoms with Crippen molar-refractivity contribution in [3.05, 3.63) is 53.1 Å². The normalized spacial score (nSPS) is 27.5. The molecule has 4 atom stereocenters. The Morgan fingerprint density at radius 1 is 1.24 bits per heavy atom. The Labute approximate surface area is 201 Å². The number of allylic oxidation sites excluding steroid dienone is 2. The first-order valence-corrected chi connectivity index (χ1v) is 12.0. The Kier molecular flexibility index (Phi) is 9.49. The van der Waals surface area contributed by atoms with Crippen molar-refractivity contribution in [1.29, 1.82) is 0 Å². The third kappa shape index (κ3) is 7.57. The van der Waals surface area contributed by atoms with E-state index in [0.29, 0.717) is 24.3 Å². The SMILES string of the molecule is COC1C=CC=CCNC(=O)C2=CCC(C)OC(=O)C(CS2)NC(=O)c2coc(n2)CC(O)C1. The van der Waals surface area contributed by atoms with Gasteiger partial charge in [-0.3, -0.25) is 9.59 Å². The van der Waals surface area contributed by atoms with Gasteiger partial charge in [0.05, 0.1) is 23.5 Å². The number of thioether (sulfide) groups is 1. The quantitative estimate of drug-likeness (QED) is 0.496. The van der Waals surface area contributed by atoms with Crippen LogP contribution in [0.4, 0.5) is 0 Å². The zero-order valence-electron chi connectivity index (χ0n) is 19.1. The molecule has 1 aromatic heterocycles. The number of nitrogens with one attached hydrogen (secondary N) is 2. The van der Waals surface area contributed by atoms with Crippen LogP contribution >= 0.6 is 11.8 Å². The van der Waals surface area contributed by atoms with Crippen molar-refractivity contribution in [2.24, 2.45) is 0 Å². The van der Waals surface area contributed by atoms with Crippen molar-refractivity contribution in [3.8, 4) is 0 Å². The lowest BCUT2D eigenvalue weighted by atomic mass is 10.1. The maximum absolute atomic E-state index is 12.7. The van der Waals surface area contributed by atoms with Crippen LogP contribution in [-0.4, -0.2) is 71.6 Å². The van der Waals surface area contributed by atoms with Gasteiger partial charge in [-0.05, 0) is 6.92 Å². The average molecular weight is 492 g/mol. The molecule has 11 heteroatoms. The summed E-state index contributed by atoms with van der Waals surface area (Å²) < 4.78 is 16.1. The summed E-state index contributed by atoms with van der Waals surface area (Å²) in [6.45, 7) is 2.02. The molecule has 34 heavy (non-hydrogen) atoms. The van der Waals surface area contributed by atoms with Gasteiger partial charge in [-0.1, -0.05) is 30.4 Å². The molecule has 0 saturated heterocycles. The second-order valence-corrected chi connectivity index (χ2v) is 8.97. The number of aliphatic hydroxyl groups excluding tert-OH is 1. The molecule has 0 saturated carbocycles. The number of esters is 1. The maximum atomic E-state index is 12.7. The molecule has 3 rings (SSSR count). The van der Waals surface area contributed by atoms with Gasteiger partial charge in [-0.25, -0.2) is 9.78 Å². The summed E-state index contributed by atoms with van der Waals surface area (Å²) in [6, 6.07) is -0.988. The first-order chi connectivity index (χ1) is 16.4. The number of rotatable bonds is 1. The highest BCUT2D eigenvalue weighted by Crippen LogP contribution is 2.22. The summed E-state index contributed by atoms with van der Waals surface area (Å²) in [5.74, 6) is -1.20. The van der Waals surface area contributed by atoms with Crippen LogP contribution in [0.2, 0.25) is 0 Å². The number of hydrogen-bond acceptors (Lipinski definition) is 9. The average Bonchev–Trinajstić information content (AvgIpc) is 3.28. The molecule has 2 amide bonds. The van der Waals surface area contributed by atoms with Crippen LogP contribution < -0.4 is 10.6 Å². The van der Waals surface area contributed by atoms with Crippen LogP contribution in [0.25, 0.3) is 0 Å². The van der Waals surface area contributed by atoms with E-state index >= 15 is 0 Å². The van der Waals surface area contributed by atoms with Gasteiger partial charge in [0.1, 0.15) is 18.4 Å². The number of oxazole rings is 1. The molecule has 4 unspecified atom stereocenters. The van der Waals surface area contributed by atoms with Crippen LogP contribution in [0.3, 0.4) is 0 Å². The number of aliphatic hydroxyl groups is 1. The summed E-state index contributed by atoms with van der Waals surface area (Å²) in [5, 5.41) is 15.8. The molecule has 1 aromatic rings. The predicted molar refractivity (Wildman–Crippen MR) is 125 cm³/mol. The van der Waals surface area contributed by atoms with Gasteiger partial charge >= 0.3 is 5.97 Å². The fourth-order valence-electron chi connectivity index (χ4n) is 3.28. The number of ether oxygens (including phenoxy) is 2. The summed E-state index contributed by atoms with van der Waals surface area (Å²) >= 11 is 1.17. The Morgan fingerprint density at radius 3 is 2.85 bits per heavy atom. The lowest BCUT2D eigenvalue weighted by molar-refractivity contribution is -0.149. The van der Waals surface area contributed by atoms with E-state index in [0.717, 1.165) is 0 Å². The third-order valence-corrected chi connectivity index (χ3v) is 6.29. The van der Waals surface area contributed by atoms with Crippen molar-refractivity contribution in [1.82, 2.24) is 15.6 Å². The van der Waals surface area contributed by atoms with Gasteiger partial charge in [0.15, 0.2) is 11.6 Å². The molecular weight excluding hydrogens is 462 g/mol. The fourth-order valence-corrected chi connectivity index (χ4v) is 4.26. The number of carbonyl (C=O) groups is 3. The monoisotopic (exact) mass is 491 g/mol. The molecule has 10 nitrogen and oxygen atoms in total. The topological polar surface area (TPSA) is 140 Å². The highest BCUT2D eigenvalue weighted by molar-refractivity contribution is 8.04. The van der Waals surface area contributed by atoms with Crippen molar-refractivity contribution in [2.45, 2.75) is 50.5 Å². The van der Waals surface area contributed by atoms with Crippen LogP contribution in [0.5, 0.6) is 0 Å². The Balaban J connectivity index is 1.84. The minimum Gasteiger partial charge on any atom is -0.461 e. The first-order valence-electron chi connectivity index (χ1n) is 11.0. The second-order valence-electron chi connectivity index (χ2n) is 7.91. The smallest absolute Gasteiger partial charge is 0.329 e. The molecule has 3 heterocycles. The maximum Gasteiger partial charge on any atom is 0.329 e. The largest absolute Gasteiger partial charge is 0.461 e. The number of hydrogen-bond donors (Lipinski definition) is 3. The van der Waals surface area contributed by atoms with Gasteiger partial charge in [-0.15, -0.1) is 11.8 Å². The fraction of sp³-hybridized carbons (Fsp3) is 0.478. The van der Waals surface area contributed by atoms with E-state index < -0.39 is 30.1 Å². The van der Waals surface area contributed by atoms with E-state index in [2.05, 4.69) is 15.6 Å². The Bertz CT molecular complexity index is 972. The molecule has 2 aliphatic heterocycles. The number of nitrogens with zero attached hydrogens (tertiary/aromatic N) is 1. The lowest BCUT2D eigenvalue weighted by Gasteiger charge is -2.18. The van der Waals surface area contributed by atoms with Crippen molar-refractivity contribution >= 4 is 29.5 Å². The van der Waals surface area contributed by atoms with Crippen LogP contribution in [0.15, 0.2) is 46.0 Å². The summed E-state index contributed by atoms with van der Waals surface area (Å²) in [4.78, 5) is 42.5. The molecule has 0 aliphatic carbocycles. The standard InChI is InChI=1S/C23H29N3O7S/c1-14-7-8-19-22(29)24-9-5-3-4-6-16(31-2)10-15(27)11-20-25-17(12-32-20)21(28)26-18(13-34-19)23(30)33-14/h3-6,8,12,14-16,18,27H,7,9-11,13H2,1-2H3,(H,24,29)(H,26,28). The zero-order valence-corrected chi connectivity index (χ0v) is 19.9. The Morgan fingerprint density at radius 2 is 2.06 bits per heavy atom. The van der Waals surface area contributed by atoms with Crippen LogP contribution in [0.1, 0.15) is 36.1 Å². The van der Waals surface area contributed by atoms with Crippen molar-refractivity contribution < 1.29 is 33.4 Å². The van der Waals surface area contributed by atoms with E-state index in [1.807, 2.05) is 0 Å². The van der Waals surface area contributed by atoms with Crippen LogP contribution in [-0.2, 0) is 25.5 Å². The highest BCUT2D eigenvalue weighted by Gasteiger charge is 2.28. The summed E-state index contributed by atoms with van der Waals surface area (Å²) in [7, 11) is 1.54. The number of aromatic nitrogens is 1. The molecule has 0 radical (unpaired) electrons. The summed E-state index contributed by atoms with van der Waals surface area (Å²) in [5.41, 5.74) is -0.0239. The van der Waals surface area contributed by atoms with Gasteiger partial charge in [0.25, 0.3) is 11.8 Å². The highest BCUT2D eigenvalue weighted by atomic mass is 32.2.